The van der Waals surface area contributed by atoms with Gasteiger partial charge in [0.15, 0.2) is 0 Å². The van der Waals surface area contributed by atoms with Crippen LogP contribution < -0.4 is 10.1 Å². The molecule has 3 rings (SSSR count). The molecule has 1 aliphatic rings. The number of ether oxygens (including phenoxy) is 2. The zero-order valence-corrected chi connectivity index (χ0v) is 15.6. The van der Waals surface area contributed by atoms with Gasteiger partial charge in [-0.05, 0) is 45.3 Å². The standard InChI is InChI=1S/C19H18BrNO4/c1-24-16-8-7-12(9-15(16)20)17(22)21-19(18(23)25-2)10-13-5-3-4-6-14(13)11-19/h3-9H,10-11H2,1-2H3,(H,21,22). The second-order valence-electron chi connectivity index (χ2n) is 6.00. The summed E-state index contributed by atoms with van der Waals surface area (Å²) < 4.78 is 10.8. The second-order valence-corrected chi connectivity index (χ2v) is 6.85. The van der Waals surface area contributed by atoms with Gasteiger partial charge >= 0.3 is 5.97 Å². The number of benzene rings is 2. The van der Waals surface area contributed by atoms with Gasteiger partial charge in [-0.15, -0.1) is 0 Å². The van der Waals surface area contributed by atoms with Crippen LogP contribution in [0.4, 0.5) is 0 Å². The third kappa shape index (κ3) is 3.26. The number of amides is 1. The molecule has 1 amide bonds. The van der Waals surface area contributed by atoms with E-state index in [4.69, 9.17) is 9.47 Å². The Balaban J connectivity index is 1.88. The Morgan fingerprint density at radius 2 is 1.72 bits per heavy atom. The normalized spacial score (nSPS) is 14.5. The predicted molar refractivity (Wildman–Crippen MR) is 96.8 cm³/mol. The molecule has 0 heterocycles. The summed E-state index contributed by atoms with van der Waals surface area (Å²) in [4.78, 5) is 25.2. The highest BCUT2D eigenvalue weighted by atomic mass is 79.9. The molecule has 25 heavy (non-hydrogen) atoms. The van der Waals surface area contributed by atoms with Gasteiger partial charge in [0.25, 0.3) is 5.91 Å². The molecule has 0 spiro atoms. The van der Waals surface area contributed by atoms with Crippen molar-refractivity contribution < 1.29 is 19.1 Å². The topological polar surface area (TPSA) is 64.6 Å². The number of carbonyl (C=O) groups is 2. The molecule has 6 heteroatoms. The van der Waals surface area contributed by atoms with Gasteiger partial charge in [0.2, 0.25) is 0 Å². The summed E-state index contributed by atoms with van der Waals surface area (Å²) in [5.41, 5.74) is 1.45. The molecule has 2 aromatic rings. The summed E-state index contributed by atoms with van der Waals surface area (Å²) >= 11 is 3.37. The number of hydrogen-bond donors (Lipinski definition) is 1. The van der Waals surface area contributed by atoms with E-state index in [-0.39, 0.29) is 5.91 Å². The maximum atomic E-state index is 12.7. The number of methoxy groups -OCH3 is 2. The van der Waals surface area contributed by atoms with Crippen LogP contribution in [0.25, 0.3) is 0 Å². The van der Waals surface area contributed by atoms with Crippen molar-refractivity contribution in [3.8, 4) is 5.75 Å². The fourth-order valence-electron chi connectivity index (χ4n) is 3.19. The highest BCUT2D eigenvalue weighted by Gasteiger charge is 2.46. The van der Waals surface area contributed by atoms with E-state index in [2.05, 4.69) is 21.2 Å². The summed E-state index contributed by atoms with van der Waals surface area (Å²) in [6.45, 7) is 0. The average Bonchev–Trinajstić information content (AvgIpc) is 3.00. The van der Waals surface area contributed by atoms with Gasteiger partial charge in [-0.3, -0.25) is 4.79 Å². The van der Waals surface area contributed by atoms with Crippen LogP contribution in [-0.4, -0.2) is 31.6 Å². The minimum Gasteiger partial charge on any atom is -0.496 e. The minimum absolute atomic E-state index is 0.332. The van der Waals surface area contributed by atoms with Crippen molar-refractivity contribution in [1.29, 1.82) is 0 Å². The Kier molecular flexibility index (Phi) is 4.81. The van der Waals surface area contributed by atoms with Gasteiger partial charge in [0.1, 0.15) is 11.3 Å². The van der Waals surface area contributed by atoms with Crippen molar-refractivity contribution in [3.63, 3.8) is 0 Å². The number of nitrogens with one attached hydrogen (secondary N) is 1. The molecule has 5 nitrogen and oxygen atoms in total. The third-order valence-corrected chi connectivity index (χ3v) is 5.07. The minimum atomic E-state index is -1.08. The zero-order chi connectivity index (χ0) is 18.0. The molecular formula is C19H18BrNO4. The quantitative estimate of drug-likeness (QED) is 0.797. The van der Waals surface area contributed by atoms with E-state index in [1.54, 1.807) is 25.3 Å². The lowest BCUT2D eigenvalue weighted by Gasteiger charge is -2.27. The highest BCUT2D eigenvalue weighted by molar-refractivity contribution is 9.10. The lowest BCUT2D eigenvalue weighted by Crippen LogP contribution is -2.56. The Hall–Kier alpha value is -2.34. The van der Waals surface area contributed by atoms with Crippen LogP contribution in [0.15, 0.2) is 46.9 Å². The molecular weight excluding hydrogens is 386 g/mol. The number of carbonyl (C=O) groups excluding carboxylic acids is 2. The molecule has 0 aromatic heterocycles. The van der Waals surface area contributed by atoms with E-state index >= 15 is 0 Å². The molecule has 1 N–H and O–H groups in total. The maximum absolute atomic E-state index is 12.7. The Morgan fingerprint density at radius 1 is 1.08 bits per heavy atom. The van der Waals surface area contributed by atoms with Crippen molar-refractivity contribution in [1.82, 2.24) is 5.32 Å². The van der Waals surface area contributed by atoms with Gasteiger partial charge in [-0.1, -0.05) is 24.3 Å². The third-order valence-electron chi connectivity index (χ3n) is 4.45. The van der Waals surface area contributed by atoms with Crippen molar-refractivity contribution in [3.05, 3.63) is 63.6 Å². The first-order chi connectivity index (χ1) is 12.0. The Labute approximate surface area is 154 Å². The molecule has 2 aromatic carbocycles. The average molecular weight is 404 g/mol. The molecule has 0 fully saturated rings. The van der Waals surface area contributed by atoms with E-state index in [9.17, 15) is 9.59 Å². The van der Waals surface area contributed by atoms with E-state index in [1.807, 2.05) is 24.3 Å². The number of hydrogen-bond acceptors (Lipinski definition) is 4. The number of esters is 1. The number of fused-ring (bicyclic) bond motifs is 1. The largest absolute Gasteiger partial charge is 0.496 e. The zero-order valence-electron chi connectivity index (χ0n) is 14.0. The van der Waals surface area contributed by atoms with Gasteiger partial charge in [-0.2, -0.15) is 0 Å². The van der Waals surface area contributed by atoms with Gasteiger partial charge in [0.05, 0.1) is 18.7 Å². The molecule has 1 aliphatic carbocycles. The van der Waals surface area contributed by atoms with Crippen LogP contribution in [0.2, 0.25) is 0 Å². The van der Waals surface area contributed by atoms with Gasteiger partial charge in [-0.25, -0.2) is 4.79 Å². The van der Waals surface area contributed by atoms with Gasteiger partial charge in [0, 0.05) is 18.4 Å². The smallest absolute Gasteiger partial charge is 0.332 e. The molecule has 0 saturated heterocycles. The van der Waals surface area contributed by atoms with Crippen molar-refractivity contribution in [2.45, 2.75) is 18.4 Å². The summed E-state index contributed by atoms with van der Waals surface area (Å²) in [6, 6.07) is 12.8. The SMILES string of the molecule is COC(=O)C1(NC(=O)c2ccc(OC)c(Br)c2)Cc2ccccc2C1. The van der Waals surface area contributed by atoms with Crippen LogP contribution in [0.3, 0.4) is 0 Å². The van der Waals surface area contributed by atoms with Gasteiger partial charge < -0.3 is 14.8 Å². The summed E-state index contributed by atoms with van der Waals surface area (Å²) in [5.74, 6) is -0.140. The van der Waals surface area contributed by atoms with Crippen LogP contribution in [0.1, 0.15) is 21.5 Å². The van der Waals surface area contributed by atoms with Crippen LogP contribution in [0, 0.1) is 0 Å². The van der Waals surface area contributed by atoms with E-state index in [0.717, 1.165) is 11.1 Å². The van der Waals surface area contributed by atoms with E-state index in [1.165, 1.54) is 7.11 Å². The monoisotopic (exact) mass is 403 g/mol. The fraction of sp³-hybridized carbons (Fsp3) is 0.263. The van der Waals surface area contributed by atoms with E-state index < -0.39 is 11.5 Å². The molecule has 0 saturated carbocycles. The summed E-state index contributed by atoms with van der Waals surface area (Å²) in [7, 11) is 2.89. The van der Waals surface area contributed by atoms with Crippen molar-refractivity contribution in [2.75, 3.05) is 14.2 Å². The summed E-state index contributed by atoms with van der Waals surface area (Å²) in [5, 5.41) is 2.90. The molecule has 130 valence electrons. The van der Waals surface area contributed by atoms with Crippen molar-refractivity contribution in [2.24, 2.45) is 0 Å². The van der Waals surface area contributed by atoms with E-state index in [0.29, 0.717) is 28.6 Å². The highest BCUT2D eigenvalue weighted by Crippen LogP contribution is 2.32. The number of rotatable bonds is 4. The predicted octanol–water partition coefficient (Wildman–Crippen LogP) is 2.90. The molecule has 0 bridgehead atoms. The van der Waals surface area contributed by atoms with Crippen LogP contribution in [0.5, 0.6) is 5.75 Å². The maximum Gasteiger partial charge on any atom is 0.332 e. The molecule has 0 aliphatic heterocycles. The Morgan fingerprint density at radius 3 is 2.24 bits per heavy atom. The first-order valence-corrected chi connectivity index (χ1v) is 8.59. The van der Waals surface area contributed by atoms with Crippen LogP contribution in [-0.2, 0) is 22.4 Å². The molecule has 0 atom stereocenters. The first kappa shape index (κ1) is 17.5. The van der Waals surface area contributed by atoms with Crippen LogP contribution >= 0.6 is 15.9 Å². The number of halogens is 1. The van der Waals surface area contributed by atoms with Crippen molar-refractivity contribution >= 4 is 27.8 Å². The summed E-state index contributed by atoms with van der Waals surface area (Å²) in [6.07, 6.45) is 0.831. The molecule has 0 radical (unpaired) electrons. The lowest BCUT2D eigenvalue weighted by atomic mass is 9.95. The lowest BCUT2D eigenvalue weighted by molar-refractivity contribution is -0.147. The Bertz CT molecular complexity index is 809. The molecule has 0 unspecified atom stereocenters. The second kappa shape index (κ2) is 6.88. The fourth-order valence-corrected chi connectivity index (χ4v) is 3.73. The first-order valence-electron chi connectivity index (χ1n) is 7.80.